The monoisotopic (exact) mass is 267 g/mol. The summed E-state index contributed by atoms with van der Waals surface area (Å²) in [6.45, 7) is 0.318. The highest BCUT2D eigenvalue weighted by molar-refractivity contribution is 5.79. The number of carbonyl (C=O) groups is 2. The largest absolute Gasteiger partial charge is 0.497 e. The number of rotatable bonds is 8. The molecule has 6 heteroatoms. The molecule has 0 bridgehead atoms. The number of carboxylic acid groups (broad SMARTS) is 1. The van der Waals surface area contributed by atoms with Crippen LogP contribution in [0, 0.1) is 0 Å². The van der Waals surface area contributed by atoms with Crippen LogP contribution in [0.3, 0.4) is 0 Å². The summed E-state index contributed by atoms with van der Waals surface area (Å²) in [4.78, 5) is 23.0. The number of ether oxygens (including phenoxy) is 2. The van der Waals surface area contributed by atoms with Gasteiger partial charge in [0.2, 0.25) is 6.41 Å². The van der Waals surface area contributed by atoms with Crippen molar-refractivity contribution in [3.63, 3.8) is 0 Å². The summed E-state index contributed by atoms with van der Waals surface area (Å²) >= 11 is 0. The molecule has 0 aliphatic carbocycles. The van der Waals surface area contributed by atoms with Gasteiger partial charge < -0.3 is 19.5 Å². The Bertz CT molecular complexity index is 447. The maximum atomic E-state index is 11.1. The molecule has 0 unspecified atom stereocenters. The molecule has 0 spiro atoms. The Balaban J connectivity index is 2.85. The minimum absolute atomic E-state index is 0.0167. The van der Waals surface area contributed by atoms with Crippen LogP contribution >= 0.6 is 0 Å². The van der Waals surface area contributed by atoms with E-state index in [0.717, 1.165) is 0 Å². The van der Waals surface area contributed by atoms with Crippen LogP contribution in [0.5, 0.6) is 11.5 Å². The van der Waals surface area contributed by atoms with E-state index < -0.39 is 5.97 Å². The normalized spacial score (nSPS) is 9.79. The first-order chi connectivity index (χ1) is 9.12. The van der Waals surface area contributed by atoms with Gasteiger partial charge in [-0.05, 0) is 18.6 Å². The lowest BCUT2D eigenvalue weighted by Gasteiger charge is -2.20. The van der Waals surface area contributed by atoms with Crippen molar-refractivity contribution in [3.8, 4) is 11.5 Å². The Morgan fingerprint density at radius 3 is 2.63 bits per heavy atom. The van der Waals surface area contributed by atoms with Gasteiger partial charge in [0.15, 0.2) is 0 Å². The van der Waals surface area contributed by atoms with Crippen LogP contribution in [0.1, 0.15) is 12.8 Å². The molecule has 0 fully saturated rings. The Kier molecular flexibility index (Phi) is 5.66. The van der Waals surface area contributed by atoms with E-state index in [2.05, 4.69) is 0 Å². The third kappa shape index (κ3) is 4.17. The average molecular weight is 267 g/mol. The highest BCUT2D eigenvalue weighted by atomic mass is 16.5. The van der Waals surface area contributed by atoms with Crippen LogP contribution < -0.4 is 14.4 Å². The Labute approximate surface area is 111 Å². The molecule has 0 aliphatic rings. The molecular formula is C13H17NO5. The van der Waals surface area contributed by atoms with Gasteiger partial charge in [0.05, 0.1) is 19.9 Å². The summed E-state index contributed by atoms with van der Waals surface area (Å²) in [6, 6.07) is 5.08. The lowest BCUT2D eigenvalue weighted by molar-refractivity contribution is -0.137. The average Bonchev–Trinajstić information content (AvgIpc) is 2.42. The van der Waals surface area contributed by atoms with Crippen LogP contribution in [0.2, 0.25) is 0 Å². The van der Waals surface area contributed by atoms with Crippen molar-refractivity contribution < 1.29 is 24.2 Å². The van der Waals surface area contributed by atoms with E-state index in [0.29, 0.717) is 36.6 Å². The number of benzene rings is 1. The van der Waals surface area contributed by atoms with Gasteiger partial charge in [-0.1, -0.05) is 0 Å². The van der Waals surface area contributed by atoms with Crippen molar-refractivity contribution in [1.82, 2.24) is 0 Å². The SMILES string of the molecule is COc1ccc(N(C=O)CCCC(=O)O)c(OC)c1. The molecular weight excluding hydrogens is 250 g/mol. The molecule has 0 heterocycles. The van der Waals surface area contributed by atoms with Gasteiger partial charge >= 0.3 is 5.97 Å². The number of carboxylic acids is 1. The maximum absolute atomic E-state index is 11.1. The number of aliphatic carboxylic acids is 1. The first-order valence-corrected chi connectivity index (χ1v) is 5.78. The first kappa shape index (κ1) is 14.8. The summed E-state index contributed by atoms with van der Waals surface area (Å²) in [7, 11) is 3.04. The van der Waals surface area contributed by atoms with Gasteiger partial charge in [0, 0.05) is 19.0 Å². The summed E-state index contributed by atoms with van der Waals surface area (Å²) < 4.78 is 10.3. The molecule has 0 radical (unpaired) electrons. The molecule has 1 aromatic rings. The van der Waals surface area contributed by atoms with Crippen LogP contribution in [-0.2, 0) is 9.59 Å². The standard InChI is InChI=1S/C13H17NO5/c1-18-10-5-6-11(12(8-10)19-2)14(9-15)7-3-4-13(16)17/h5-6,8-9H,3-4,7H2,1-2H3,(H,16,17). The summed E-state index contributed by atoms with van der Waals surface area (Å²) in [5.74, 6) is 0.242. The van der Waals surface area contributed by atoms with Crippen molar-refractivity contribution in [1.29, 1.82) is 0 Å². The molecule has 1 N–H and O–H groups in total. The van der Waals surface area contributed by atoms with Gasteiger partial charge in [-0.3, -0.25) is 9.59 Å². The lowest BCUT2D eigenvalue weighted by Crippen LogP contribution is -2.23. The van der Waals surface area contributed by atoms with Gasteiger partial charge in [-0.25, -0.2) is 0 Å². The predicted octanol–water partition coefficient (Wildman–Crippen LogP) is 1.53. The number of methoxy groups -OCH3 is 2. The smallest absolute Gasteiger partial charge is 0.303 e. The number of anilines is 1. The molecule has 0 saturated heterocycles. The fourth-order valence-corrected chi connectivity index (χ4v) is 1.65. The minimum Gasteiger partial charge on any atom is -0.497 e. The van der Waals surface area contributed by atoms with E-state index in [1.165, 1.54) is 12.0 Å². The third-order valence-electron chi connectivity index (χ3n) is 2.61. The topological polar surface area (TPSA) is 76.1 Å². The molecule has 0 aromatic heterocycles. The zero-order valence-corrected chi connectivity index (χ0v) is 11.0. The van der Waals surface area contributed by atoms with Crippen LogP contribution in [0.15, 0.2) is 18.2 Å². The van der Waals surface area contributed by atoms with Gasteiger partial charge in [-0.15, -0.1) is 0 Å². The molecule has 0 saturated carbocycles. The Hall–Kier alpha value is -2.24. The molecule has 104 valence electrons. The third-order valence-corrected chi connectivity index (χ3v) is 2.61. The molecule has 6 nitrogen and oxygen atoms in total. The second-order valence-corrected chi connectivity index (χ2v) is 3.83. The molecule has 19 heavy (non-hydrogen) atoms. The van der Waals surface area contributed by atoms with Crippen molar-refractivity contribution in [2.24, 2.45) is 0 Å². The maximum Gasteiger partial charge on any atom is 0.303 e. The van der Waals surface area contributed by atoms with E-state index in [1.54, 1.807) is 25.3 Å². The lowest BCUT2D eigenvalue weighted by atomic mass is 10.2. The molecule has 1 aromatic carbocycles. The fraction of sp³-hybridized carbons (Fsp3) is 0.385. The molecule has 1 amide bonds. The number of amides is 1. The highest BCUT2D eigenvalue weighted by Crippen LogP contribution is 2.31. The van der Waals surface area contributed by atoms with E-state index >= 15 is 0 Å². The van der Waals surface area contributed by atoms with E-state index in [1.807, 2.05) is 0 Å². The highest BCUT2D eigenvalue weighted by Gasteiger charge is 2.12. The second-order valence-electron chi connectivity index (χ2n) is 3.83. The van der Waals surface area contributed by atoms with E-state index in [-0.39, 0.29) is 6.42 Å². The van der Waals surface area contributed by atoms with Crippen LogP contribution in [-0.4, -0.2) is 38.3 Å². The summed E-state index contributed by atoms with van der Waals surface area (Å²) in [5.41, 5.74) is 0.587. The quantitative estimate of drug-likeness (QED) is 0.723. The zero-order valence-electron chi connectivity index (χ0n) is 11.0. The second kappa shape index (κ2) is 7.25. The molecule has 0 atom stereocenters. The van der Waals surface area contributed by atoms with Gasteiger partial charge in [0.1, 0.15) is 11.5 Å². The van der Waals surface area contributed by atoms with E-state index in [4.69, 9.17) is 14.6 Å². The van der Waals surface area contributed by atoms with Gasteiger partial charge in [-0.2, -0.15) is 0 Å². The van der Waals surface area contributed by atoms with Crippen LogP contribution in [0.4, 0.5) is 5.69 Å². The molecule has 0 aliphatic heterocycles. The van der Waals surface area contributed by atoms with Crippen molar-refractivity contribution >= 4 is 18.1 Å². The number of nitrogens with zero attached hydrogens (tertiary/aromatic N) is 1. The summed E-state index contributed by atoms with van der Waals surface area (Å²) in [5, 5.41) is 8.59. The Morgan fingerprint density at radius 1 is 1.37 bits per heavy atom. The number of hydrogen-bond donors (Lipinski definition) is 1. The van der Waals surface area contributed by atoms with E-state index in [9.17, 15) is 9.59 Å². The van der Waals surface area contributed by atoms with Gasteiger partial charge in [0.25, 0.3) is 0 Å². The van der Waals surface area contributed by atoms with Crippen molar-refractivity contribution in [2.75, 3.05) is 25.7 Å². The Morgan fingerprint density at radius 2 is 2.11 bits per heavy atom. The van der Waals surface area contributed by atoms with Crippen LogP contribution in [0.25, 0.3) is 0 Å². The minimum atomic E-state index is -0.882. The van der Waals surface area contributed by atoms with Crippen molar-refractivity contribution in [3.05, 3.63) is 18.2 Å². The summed E-state index contributed by atoms with van der Waals surface area (Å²) in [6.07, 6.45) is 1.05. The van der Waals surface area contributed by atoms with Crippen molar-refractivity contribution in [2.45, 2.75) is 12.8 Å². The number of carbonyl (C=O) groups excluding carboxylic acids is 1. The fourth-order valence-electron chi connectivity index (χ4n) is 1.65. The zero-order chi connectivity index (χ0) is 14.3. The first-order valence-electron chi connectivity index (χ1n) is 5.78. The predicted molar refractivity (Wildman–Crippen MR) is 69.8 cm³/mol. The molecule has 1 rings (SSSR count). The number of hydrogen-bond acceptors (Lipinski definition) is 4.